The lowest BCUT2D eigenvalue weighted by Crippen LogP contribution is -2.39. The SMILES string of the molecule is COc1ccc(Cl)cc1NC[C@H]1CCC(=O)N1CCSc1nc(C(=O)O)cs1. The minimum Gasteiger partial charge on any atom is -0.495 e. The van der Waals surface area contributed by atoms with Gasteiger partial charge in [0.05, 0.1) is 12.8 Å². The summed E-state index contributed by atoms with van der Waals surface area (Å²) < 4.78 is 6.04. The molecule has 1 aliphatic heterocycles. The summed E-state index contributed by atoms with van der Waals surface area (Å²) in [6.07, 6.45) is 1.32. The van der Waals surface area contributed by atoms with Crippen molar-refractivity contribution in [1.82, 2.24) is 9.88 Å². The second-order valence-corrected chi connectivity index (χ2v) is 8.79. The van der Waals surface area contributed by atoms with Crippen molar-refractivity contribution in [3.63, 3.8) is 0 Å². The number of amides is 1. The topological polar surface area (TPSA) is 91.8 Å². The van der Waals surface area contributed by atoms with Crippen LogP contribution in [0, 0.1) is 0 Å². The average Bonchev–Trinajstić information content (AvgIpc) is 3.28. The number of nitrogens with zero attached hydrogens (tertiary/aromatic N) is 2. The van der Waals surface area contributed by atoms with Gasteiger partial charge in [-0.3, -0.25) is 4.79 Å². The first kappa shape index (κ1) is 20.8. The second kappa shape index (κ2) is 9.49. The van der Waals surface area contributed by atoms with Crippen molar-refractivity contribution in [3.8, 4) is 5.75 Å². The van der Waals surface area contributed by atoms with Crippen LogP contribution in [-0.2, 0) is 4.79 Å². The van der Waals surface area contributed by atoms with Crippen LogP contribution in [0.15, 0.2) is 27.9 Å². The predicted octanol–water partition coefficient (Wildman–Crippen LogP) is 3.70. The largest absolute Gasteiger partial charge is 0.495 e. The fourth-order valence-corrected chi connectivity index (χ4v) is 4.99. The van der Waals surface area contributed by atoms with Crippen LogP contribution in [0.4, 0.5) is 5.69 Å². The standard InChI is InChI=1S/C18H20ClN3O4S2/c1-26-15-4-2-11(19)8-13(15)20-9-12-3-5-16(23)22(12)6-7-27-18-21-14(10-28-18)17(24)25/h2,4,8,10,12,20H,3,5-7,9H2,1H3,(H,24,25)/t12-/m1/s1. The molecule has 0 radical (unpaired) electrons. The molecule has 0 spiro atoms. The number of carboxylic acids is 1. The Morgan fingerprint density at radius 2 is 2.36 bits per heavy atom. The van der Waals surface area contributed by atoms with Crippen LogP contribution in [0.5, 0.6) is 5.75 Å². The number of thiazole rings is 1. The van der Waals surface area contributed by atoms with Crippen LogP contribution in [0.1, 0.15) is 23.3 Å². The van der Waals surface area contributed by atoms with Crippen molar-refractivity contribution in [2.75, 3.05) is 31.3 Å². The number of hydrogen-bond donors (Lipinski definition) is 2. The van der Waals surface area contributed by atoms with Gasteiger partial charge >= 0.3 is 5.97 Å². The number of anilines is 1. The Morgan fingerprint density at radius 3 is 3.07 bits per heavy atom. The van der Waals surface area contributed by atoms with Gasteiger partial charge in [0, 0.05) is 41.7 Å². The fraction of sp³-hybridized carbons (Fsp3) is 0.389. The molecule has 0 saturated carbocycles. The van der Waals surface area contributed by atoms with Gasteiger partial charge in [-0.1, -0.05) is 23.4 Å². The summed E-state index contributed by atoms with van der Waals surface area (Å²) in [5, 5.41) is 14.4. The van der Waals surface area contributed by atoms with Crippen LogP contribution in [0.3, 0.4) is 0 Å². The highest BCUT2D eigenvalue weighted by Crippen LogP contribution is 2.29. The highest BCUT2D eigenvalue weighted by molar-refractivity contribution is 8.01. The first-order valence-electron chi connectivity index (χ1n) is 8.66. The van der Waals surface area contributed by atoms with Gasteiger partial charge in [0.1, 0.15) is 5.75 Å². The van der Waals surface area contributed by atoms with Crippen molar-refractivity contribution in [2.24, 2.45) is 0 Å². The fourth-order valence-electron chi connectivity index (χ4n) is 3.01. The van der Waals surface area contributed by atoms with Crippen LogP contribution in [0.2, 0.25) is 5.02 Å². The molecule has 2 N–H and O–H groups in total. The smallest absolute Gasteiger partial charge is 0.355 e. The third-order valence-electron chi connectivity index (χ3n) is 4.40. The zero-order valence-electron chi connectivity index (χ0n) is 15.2. The predicted molar refractivity (Wildman–Crippen MR) is 111 cm³/mol. The van der Waals surface area contributed by atoms with Crippen LogP contribution < -0.4 is 10.1 Å². The molecular weight excluding hydrogens is 422 g/mol. The number of aromatic nitrogens is 1. The lowest BCUT2D eigenvalue weighted by Gasteiger charge is -2.25. The van der Waals surface area contributed by atoms with Crippen LogP contribution in [0.25, 0.3) is 0 Å². The maximum absolute atomic E-state index is 12.3. The van der Waals surface area contributed by atoms with E-state index in [2.05, 4.69) is 10.3 Å². The first-order chi connectivity index (χ1) is 13.5. The summed E-state index contributed by atoms with van der Waals surface area (Å²) in [6.45, 7) is 1.19. The quantitative estimate of drug-likeness (QED) is 0.573. The molecule has 3 rings (SSSR count). The maximum atomic E-state index is 12.3. The number of carbonyl (C=O) groups is 2. The second-order valence-electron chi connectivity index (χ2n) is 6.16. The molecule has 28 heavy (non-hydrogen) atoms. The number of rotatable bonds is 9. The van der Waals surface area contributed by atoms with Crippen molar-refractivity contribution in [3.05, 3.63) is 34.3 Å². The molecule has 2 heterocycles. The van der Waals surface area contributed by atoms with Crippen molar-refractivity contribution in [1.29, 1.82) is 0 Å². The number of methoxy groups -OCH3 is 1. The summed E-state index contributed by atoms with van der Waals surface area (Å²) in [5.41, 5.74) is 0.856. The minimum absolute atomic E-state index is 0.0577. The molecule has 1 atom stereocenters. The molecule has 7 nitrogen and oxygen atoms in total. The van der Waals surface area contributed by atoms with E-state index in [1.54, 1.807) is 25.3 Å². The molecule has 1 amide bonds. The minimum atomic E-state index is -1.03. The number of nitrogens with one attached hydrogen (secondary N) is 1. The molecule has 1 fully saturated rings. The maximum Gasteiger partial charge on any atom is 0.355 e. The van der Waals surface area contributed by atoms with E-state index in [9.17, 15) is 9.59 Å². The summed E-state index contributed by atoms with van der Waals surface area (Å²) in [4.78, 5) is 29.1. The number of carbonyl (C=O) groups excluding carboxylic acids is 1. The Morgan fingerprint density at radius 1 is 1.54 bits per heavy atom. The molecule has 150 valence electrons. The van der Waals surface area contributed by atoms with Crippen LogP contribution >= 0.6 is 34.7 Å². The molecule has 0 bridgehead atoms. The number of ether oxygens (including phenoxy) is 1. The molecule has 10 heteroatoms. The first-order valence-corrected chi connectivity index (χ1v) is 10.9. The van der Waals surface area contributed by atoms with E-state index >= 15 is 0 Å². The highest BCUT2D eigenvalue weighted by Gasteiger charge is 2.30. The summed E-state index contributed by atoms with van der Waals surface area (Å²) in [7, 11) is 1.60. The van der Waals surface area contributed by atoms with Gasteiger partial charge in [0.2, 0.25) is 5.91 Å². The van der Waals surface area contributed by atoms with E-state index in [0.717, 1.165) is 12.1 Å². The average molecular weight is 442 g/mol. The summed E-state index contributed by atoms with van der Waals surface area (Å²) in [5.74, 6) is 0.472. The lowest BCUT2D eigenvalue weighted by molar-refractivity contribution is -0.128. The van der Waals surface area contributed by atoms with Crippen molar-refractivity contribution in [2.45, 2.75) is 23.2 Å². The third-order valence-corrected chi connectivity index (χ3v) is 6.64. The molecule has 0 aliphatic carbocycles. The summed E-state index contributed by atoms with van der Waals surface area (Å²) in [6, 6.07) is 5.46. The Bertz CT molecular complexity index is 861. The molecule has 1 aromatic carbocycles. The van der Waals surface area contributed by atoms with E-state index < -0.39 is 5.97 Å². The number of benzene rings is 1. The van der Waals surface area contributed by atoms with Gasteiger partial charge in [-0.25, -0.2) is 9.78 Å². The lowest BCUT2D eigenvalue weighted by atomic mass is 10.2. The normalized spacial score (nSPS) is 16.4. The summed E-state index contributed by atoms with van der Waals surface area (Å²) >= 11 is 8.83. The Balaban J connectivity index is 1.54. The molecule has 1 aliphatic rings. The Labute approximate surface area is 176 Å². The molecule has 1 saturated heterocycles. The zero-order valence-corrected chi connectivity index (χ0v) is 17.6. The van der Waals surface area contributed by atoms with Gasteiger partial charge in [-0.2, -0.15) is 0 Å². The van der Waals surface area contributed by atoms with E-state index in [-0.39, 0.29) is 17.6 Å². The monoisotopic (exact) mass is 441 g/mol. The van der Waals surface area contributed by atoms with Gasteiger partial charge in [0.15, 0.2) is 10.0 Å². The van der Waals surface area contributed by atoms with E-state index in [4.69, 9.17) is 21.4 Å². The van der Waals surface area contributed by atoms with Gasteiger partial charge in [-0.15, -0.1) is 11.3 Å². The molecule has 0 unspecified atom stereocenters. The number of likely N-dealkylation sites (tertiary alicyclic amines) is 1. The van der Waals surface area contributed by atoms with Gasteiger partial charge in [-0.05, 0) is 24.6 Å². The molecule has 1 aromatic heterocycles. The van der Waals surface area contributed by atoms with Crippen molar-refractivity contribution < 1.29 is 19.4 Å². The number of thioether (sulfide) groups is 1. The van der Waals surface area contributed by atoms with Gasteiger partial charge in [0.25, 0.3) is 0 Å². The molecule has 2 aromatic rings. The van der Waals surface area contributed by atoms with Gasteiger partial charge < -0.3 is 20.1 Å². The van der Waals surface area contributed by atoms with E-state index in [0.29, 0.717) is 40.4 Å². The number of hydrogen-bond acceptors (Lipinski definition) is 7. The molecular formula is C18H20ClN3O4S2. The Hall–Kier alpha value is -1.97. The zero-order chi connectivity index (χ0) is 20.1. The number of carboxylic acid groups (broad SMARTS) is 1. The third kappa shape index (κ3) is 5.09. The van der Waals surface area contributed by atoms with Crippen LogP contribution in [-0.4, -0.2) is 58.9 Å². The Kier molecular flexibility index (Phi) is 7.03. The highest BCUT2D eigenvalue weighted by atomic mass is 35.5. The van der Waals surface area contributed by atoms with E-state index in [1.165, 1.54) is 28.5 Å². The number of aromatic carboxylic acids is 1. The van der Waals surface area contributed by atoms with Crippen molar-refractivity contribution >= 4 is 52.3 Å². The van der Waals surface area contributed by atoms with E-state index in [1.807, 2.05) is 4.90 Å². The number of halogens is 1.